The number of aromatic nitrogens is 3. The Balaban J connectivity index is 1.32. The summed E-state index contributed by atoms with van der Waals surface area (Å²) in [6, 6.07) is 12.1. The van der Waals surface area contributed by atoms with E-state index in [9.17, 15) is 0 Å². The van der Waals surface area contributed by atoms with Crippen LogP contribution in [-0.2, 0) is 11.3 Å². The Kier molecular flexibility index (Phi) is 5.60. The summed E-state index contributed by atoms with van der Waals surface area (Å²) in [6.45, 7) is 7.38. The summed E-state index contributed by atoms with van der Waals surface area (Å²) in [4.78, 5) is 0. The van der Waals surface area contributed by atoms with Crippen LogP contribution in [0.4, 0.5) is 0 Å². The lowest BCUT2D eigenvalue weighted by Gasteiger charge is -2.35. The second-order valence-electron chi connectivity index (χ2n) is 8.49. The molecule has 4 rings (SSSR count). The second-order valence-corrected chi connectivity index (χ2v) is 8.49. The predicted octanol–water partition coefficient (Wildman–Crippen LogP) is 4.14. The highest BCUT2D eigenvalue weighted by Gasteiger charge is 2.36. The van der Waals surface area contributed by atoms with E-state index in [0.717, 1.165) is 30.9 Å². The number of aryl methyl sites for hydroxylation is 1. The Morgan fingerprint density at radius 2 is 1.96 bits per heavy atom. The van der Waals surface area contributed by atoms with Crippen LogP contribution in [0.5, 0.6) is 0 Å². The molecule has 5 nitrogen and oxygen atoms in total. The van der Waals surface area contributed by atoms with Gasteiger partial charge in [0.25, 0.3) is 0 Å². The van der Waals surface area contributed by atoms with E-state index in [0.29, 0.717) is 36.8 Å². The van der Waals surface area contributed by atoms with Gasteiger partial charge in [-0.2, -0.15) is 0 Å². The molecule has 146 valence electrons. The Labute approximate surface area is 162 Å². The van der Waals surface area contributed by atoms with E-state index in [4.69, 9.17) is 4.74 Å². The van der Waals surface area contributed by atoms with Crippen LogP contribution in [0.25, 0.3) is 0 Å². The molecule has 0 amide bonds. The van der Waals surface area contributed by atoms with Gasteiger partial charge in [-0.3, -0.25) is 0 Å². The van der Waals surface area contributed by atoms with Crippen molar-refractivity contribution in [3.05, 3.63) is 47.5 Å². The van der Waals surface area contributed by atoms with Crippen molar-refractivity contribution in [2.24, 2.45) is 0 Å². The Morgan fingerprint density at radius 3 is 2.67 bits per heavy atom. The Bertz CT molecular complexity index is 738. The molecule has 2 aromatic rings. The smallest absolute Gasteiger partial charge is 0.136 e. The van der Waals surface area contributed by atoms with Crippen LogP contribution < -0.4 is 5.32 Å². The third kappa shape index (κ3) is 4.25. The van der Waals surface area contributed by atoms with E-state index in [2.05, 4.69) is 65.1 Å². The maximum absolute atomic E-state index is 6.07. The van der Waals surface area contributed by atoms with E-state index in [1.54, 1.807) is 0 Å². The molecule has 1 aliphatic carbocycles. The predicted molar refractivity (Wildman–Crippen MR) is 107 cm³/mol. The third-order valence-electron chi connectivity index (χ3n) is 6.22. The molecule has 2 fully saturated rings. The molecule has 2 aliphatic rings. The van der Waals surface area contributed by atoms with Gasteiger partial charge >= 0.3 is 0 Å². The van der Waals surface area contributed by atoms with Crippen LogP contribution in [0.15, 0.2) is 30.3 Å². The highest BCUT2D eigenvalue weighted by Crippen LogP contribution is 2.39. The molecule has 27 heavy (non-hydrogen) atoms. The number of nitrogens with one attached hydrogen (secondary N) is 1. The van der Waals surface area contributed by atoms with Crippen LogP contribution >= 0.6 is 0 Å². The molecule has 1 aliphatic heterocycles. The fraction of sp³-hybridized carbons (Fsp3) is 0.636. The van der Waals surface area contributed by atoms with Gasteiger partial charge in [0.05, 0.1) is 12.7 Å². The highest BCUT2D eigenvalue weighted by atomic mass is 16.5. The average Bonchev–Trinajstić information content (AvgIpc) is 3.20. The molecule has 1 saturated heterocycles. The van der Waals surface area contributed by atoms with Gasteiger partial charge in [-0.1, -0.05) is 30.3 Å². The fourth-order valence-corrected chi connectivity index (χ4v) is 4.63. The Morgan fingerprint density at radius 1 is 1.19 bits per heavy atom. The van der Waals surface area contributed by atoms with Gasteiger partial charge in [0.15, 0.2) is 0 Å². The number of nitrogens with zero attached hydrogens (tertiary/aromatic N) is 3. The van der Waals surface area contributed by atoms with Crippen molar-refractivity contribution in [2.45, 2.75) is 89.6 Å². The van der Waals surface area contributed by atoms with Crippen LogP contribution in [0.1, 0.15) is 75.1 Å². The highest BCUT2D eigenvalue weighted by molar-refractivity contribution is 5.14. The van der Waals surface area contributed by atoms with E-state index < -0.39 is 0 Å². The van der Waals surface area contributed by atoms with Gasteiger partial charge in [-0.15, -0.1) is 10.2 Å². The zero-order chi connectivity index (χ0) is 18.8. The SMILES string of the molecule is Cc1nnc(C2CC(OCc3ccccc3)C2)n1C(C)CC1CCC(C)N1. The normalized spacial score (nSPS) is 28.9. The summed E-state index contributed by atoms with van der Waals surface area (Å²) in [5.41, 5.74) is 1.24. The molecular weight excluding hydrogens is 336 g/mol. The summed E-state index contributed by atoms with van der Waals surface area (Å²) in [5.74, 6) is 2.67. The summed E-state index contributed by atoms with van der Waals surface area (Å²) in [5, 5.41) is 12.6. The Hall–Kier alpha value is -1.72. The number of rotatable bonds is 7. The van der Waals surface area contributed by atoms with Crippen LogP contribution in [0.3, 0.4) is 0 Å². The molecule has 2 heterocycles. The van der Waals surface area contributed by atoms with Gasteiger partial charge in [-0.05, 0) is 58.4 Å². The van der Waals surface area contributed by atoms with Crippen molar-refractivity contribution in [1.29, 1.82) is 0 Å². The summed E-state index contributed by atoms with van der Waals surface area (Å²) in [7, 11) is 0. The molecule has 5 heteroatoms. The zero-order valence-corrected chi connectivity index (χ0v) is 16.8. The van der Waals surface area contributed by atoms with Gasteiger partial charge < -0.3 is 14.6 Å². The van der Waals surface area contributed by atoms with Gasteiger partial charge in [0.1, 0.15) is 11.6 Å². The monoisotopic (exact) mass is 368 g/mol. The van der Waals surface area contributed by atoms with Crippen molar-refractivity contribution in [2.75, 3.05) is 0 Å². The van der Waals surface area contributed by atoms with Gasteiger partial charge in [-0.25, -0.2) is 0 Å². The molecular formula is C22H32N4O. The molecule has 0 radical (unpaired) electrons. The van der Waals surface area contributed by atoms with E-state index >= 15 is 0 Å². The maximum Gasteiger partial charge on any atom is 0.136 e. The first-order valence-electron chi connectivity index (χ1n) is 10.4. The number of hydrogen-bond acceptors (Lipinski definition) is 4. The summed E-state index contributed by atoms with van der Waals surface area (Å²) < 4.78 is 8.45. The van der Waals surface area contributed by atoms with Crippen LogP contribution in [-0.4, -0.2) is 33.0 Å². The molecule has 0 spiro atoms. The topological polar surface area (TPSA) is 52.0 Å². The van der Waals surface area contributed by atoms with Gasteiger partial charge in [0, 0.05) is 24.0 Å². The number of hydrogen-bond donors (Lipinski definition) is 1. The minimum Gasteiger partial charge on any atom is -0.373 e. The molecule has 1 aromatic heterocycles. The van der Waals surface area contributed by atoms with Crippen molar-refractivity contribution >= 4 is 0 Å². The quantitative estimate of drug-likeness (QED) is 0.798. The van der Waals surface area contributed by atoms with E-state index in [1.807, 2.05) is 6.07 Å². The molecule has 1 N–H and O–H groups in total. The average molecular weight is 369 g/mol. The number of benzene rings is 1. The maximum atomic E-state index is 6.07. The lowest BCUT2D eigenvalue weighted by molar-refractivity contribution is -0.0232. The standard InChI is InChI=1S/C22H32N4O/c1-15-9-10-20(23-15)11-16(2)26-17(3)24-25-22(26)19-12-21(13-19)27-14-18-7-5-4-6-8-18/h4-8,15-16,19-21,23H,9-14H2,1-3H3. The summed E-state index contributed by atoms with van der Waals surface area (Å²) >= 11 is 0. The van der Waals surface area contributed by atoms with Crippen LogP contribution in [0.2, 0.25) is 0 Å². The first-order chi connectivity index (χ1) is 13.1. The van der Waals surface area contributed by atoms with Crippen molar-refractivity contribution in [1.82, 2.24) is 20.1 Å². The molecule has 1 aromatic carbocycles. The first-order valence-corrected chi connectivity index (χ1v) is 10.4. The molecule has 1 saturated carbocycles. The largest absolute Gasteiger partial charge is 0.373 e. The lowest BCUT2D eigenvalue weighted by Crippen LogP contribution is -2.33. The molecule has 3 atom stereocenters. The van der Waals surface area contributed by atoms with E-state index in [1.165, 1.54) is 18.4 Å². The van der Waals surface area contributed by atoms with Crippen molar-refractivity contribution in [3.63, 3.8) is 0 Å². The zero-order valence-electron chi connectivity index (χ0n) is 16.8. The second kappa shape index (κ2) is 8.11. The van der Waals surface area contributed by atoms with Crippen LogP contribution in [0, 0.1) is 6.92 Å². The minimum absolute atomic E-state index is 0.341. The fourth-order valence-electron chi connectivity index (χ4n) is 4.63. The minimum atomic E-state index is 0.341. The molecule has 0 bridgehead atoms. The number of ether oxygens (including phenoxy) is 1. The van der Waals surface area contributed by atoms with Crippen molar-refractivity contribution in [3.8, 4) is 0 Å². The van der Waals surface area contributed by atoms with Gasteiger partial charge in [0.2, 0.25) is 0 Å². The first kappa shape index (κ1) is 18.6. The van der Waals surface area contributed by atoms with Crippen molar-refractivity contribution < 1.29 is 4.74 Å². The summed E-state index contributed by atoms with van der Waals surface area (Å²) in [6.07, 6.45) is 6.16. The lowest BCUT2D eigenvalue weighted by atomic mass is 9.81. The molecule has 3 unspecified atom stereocenters. The van der Waals surface area contributed by atoms with E-state index in [-0.39, 0.29) is 0 Å². The third-order valence-corrected chi connectivity index (χ3v) is 6.22.